The predicted molar refractivity (Wildman–Crippen MR) is 65.8 cm³/mol. The van der Waals surface area contributed by atoms with Gasteiger partial charge in [0.15, 0.2) is 5.05 Å². The molecular weight excluding hydrogens is 194 g/mol. The molecule has 3 heteroatoms. The standard InChI is InChI=1S/C11H23NOS/c1-6-12(7-2)9-11(4,5)10(14)13-8-3/h6-9H2,1-5H3. The minimum absolute atomic E-state index is 0.0304. The van der Waals surface area contributed by atoms with Crippen molar-refractivity contribution < 1.29 is 4.74 Å². The molecule has 0 aliphatic heterocycles. The first kappa shape index (κ1) is 13.8. The fourth-order valence-electron chi connectivity index (χ4n) is 1.40. The molecule has 2 nitrogen and oxygen atoms in total. The van der Waals surface area contributed by atoms with Gasteiger partial charge in [0.2, 0.25) is 0 Å². The zero-order chi connectivity index (χ0) is 11.2. The number of thiocarbonyl (C=S) groups is 1. The third kappa shape index (κ3) is 4.38. The van der Waals surface area contributed by atoms with Gasteiger partial charge in [-0.2, -0.15) is 0 Å². The molecule has 84 valence electrons. The van der Waals surface area contributed by atoms with Gasteiger partial charge >= 0.3 is 0 Å². The molecule has 0 aliphatic rings. The quantitative estimate of drug-likeness (QED) is 0.635. The number of nitrogens with zero attached hydrogens (tertiary/aromatic N) is 1. The molecule has 0 aromatic rings. The van der Waals surface area contributed by atoms with E-state index in [1.54, 1.807) is 0 Å². The highest BCUT2D eigenvalue weighted by Crippen LogP contribution is 2.20. The molecule has 0 N–H and O–H groups in total. The second-order valence-electron chi connectivity index (χ2n) is 4.07. The summed E-state index contributed by atoms with van der Waals surface area (Å²) < 4.78 is 5.40. The Morgan fingerprint density at radius 2 is 1.71 bits per heavy atom. The molecule has 0 heterocycles. The SMILES string of the molecule is CCOC(=S)C(C)(C)CN(CC)CC. The Morgan fingerprint density at radius 3 is 2.07 bits per heavy atom. The van der Waals surface area contributed by atoms with Crippen LogP contribution in [0, 0.1) is 5.41 Å². The highest BCUT2D eigenvalue weighted by Gasteiger charge is 2.26. The van der Waals surface area contributed by atoms with Gasteiger partial charge in [-0.1, -0.05) is 27.7 Å². The molecule has 0 unspecified atom stereocenters. The maximum atomic E-state index is 5.40. The van der Waals surface area contributed by atoms with Gasteiger partial charge in [0.1, 0.15) is 0 Å². The van der Waals surface area contributed by atoms with Crippen LogP contribution in [0.25, 0.3) is 0 Å². The van der Waals surface area contributed by atoms with E-state index in [0.717, 1.165) is 24.7 Å². The molecule has 0 aromatic carbocycles. The van der Waals surface area contributed by atoms with E-state index in [1.807, 2.05) is 6.92 Å². The van der Waals surface area contributed by atoms with Gasteiger partial charge in [0.05, 0.1) is 6.61 Å². The minimum atomic E-state index is -0.0304. The Balaban J connectivity index is 4.23. The van der Waals surface area contributed by atoms with Gasteiger partial charge in [-0.05, 0) is 32.2 Å². The zero-order valence-corrected chi connectivity index (χ0v) is 10.9. The average Bonchev–Trinajstić information content (AvgIpc) is 2.14. The van der Waals surface area contributed by atoms with Crippen molar-refractivity contribution in [1.82, 2.24) is 4.90 Å². The van der Waals surface area contributed by atoms with Crippen LogP contribution in [0.4, 0.5) is 0 Å². The number of ether oxygens (including phenoxy) is 1. The molecule has 0 amide bonds. The average molecular weight is 217 g/mol. The van der Waals surface area contributed by atoms with E-state index in [0.29, 0.717) is 6.61 Å². The molecule has 0 fully saturated rings. The van der Waals surface area contributed by atoms with E-state index < -0.39 is 0 Å². The van der Waals surface area contributed by atoms with Gasteiger partial charge in [-0.25, -0.2) is 0 Å². The first-order valence-electron chi connectivity index (χ1n) is 5.37. The summed E-state index contributed by atoms with van der Waals surface area (Å²) >= 11 is 5.25. The Labute approximate surface area is 93.6 Å². The third-order valence-electron chi connectivity index (χ3n) is 2.34. The first-order valence-corrected chi connectivity index (χ1v) is 5.78. The fraction of sp³-hybridized carbons (Fsp3) is 0.909. The van der Waals surface area contributed by atoms with E-state index in [-0.39, 0.29) is 5.41 Å². The summed E-state index contributed by atoms with van der Waals surface area (Å²) in [5, 5.41) is 0.729. The van der Waals surface area contributed by atoms with Crippen LogP contribution >= 0.6 is 12.2 Å². The van der Waals surface area contributed by atoms with Crippen LogP contribution in [0.5, 0.6) is 0 Å². The van der Waals surface area contributed by atoms with Crippen LogP contribution in [0.3, 0.4) is 0 Å². The van der Waals surface area contributed by atoms with Crippen molar-refractivity contribution >= 4 is 17.3 Å². The maximum Gasteiger partial charge on any atom is 0.166 e. The topological polar surface area (TPSA) is 12.5 Å². The Hall–Kier alpha value is -0.150. The summed E-state index contributed by atoms with van der Waals surface area (Å²) in [5.41, 5.74) is -0.0304. The molecule has 14 heavy (non-hydrogen) atoms. The van der Waals surface area contributed by atoms with Crippen molar-refractivity contribution in [2.24, 2.45) is 5.41 Å². The molecule has 0 aromatic heterocycles. The molecule has 0 atom stereocenters. The normalized spacial score (nSPS) is 11.9. The summed E-state index contributed by atoms with van der Waals surface area (Å²) in [6, 6.07) is 0. The number of hydrogen-bond donors (Lipinski definition) is 0. The van der Waals surface area contributed by atoms with Crippen LogP contribution < -0.4 is 0 Å². The molecular formula is C11H23NOS. The highest BCUT2D eigenvalue weighted by atomic mass is 32.1. The Bertz CT molecular complexity index is 176. The molecule has 0 spiro atoms. The third-order valence-corrected chi connectivity index (χ3v) is 3.01. The van der Waals surface area contributed by atoms with Crippen LogP contribution in [0.2, 0.25) is 0 Å². The van der Waals surface area contributed by atoms with E-state index in [1.165, 1.54) is 0 Å². The second kappa shape index (κ2) is 6.36. The first-order chi connectivity index (χ1) is 6.47. The zero-order valence-electron chi connectivity index (χ0n) is 10.1. The summed E-state index contributed by atoms with van der Waals surface area (Å²) in [4.78, 5) is 2.37. The smallest absolute Gasteiger partial charge is 0.166 e. The van der Waals surface area contributed by atoms with Crippen molar-refractivity contribution in [1.29, 1.82) is 0 Å². The molecule has 0 saturated carbocycles. The van der Waals surface area contributed by atoms with Crippen molar-refractivity contribution in [2.75, 3.05) is 26.2 Å². The minimum Gasteiger partial charge on any atom is -0.487 e. The Kier molecular flexibility index (Phi) is 6.29. The monoisotopic (exact) mass is 217 g/mol. The molecule has 0 radical (unpaired) electrons. The van der Waals surface area contributed by atoms with Crippen LogP contribution in [0.1, 0.15) is 34.6 Å². The van der Waals surface area contributed by atoms with Crippen LogP contribution in [0.15, 0.2) is 0 Å². The van der Waals surface area contributed by atoms with Crippen molar-refractivity contribution in [2.45, 2.75) is 34.6 Å². The summed E-state index contributed by atoms with van der Waals surface area (Å²) in [6.07, 6.45) is 0. The Morgan fingerprint density at radius 1 is 1.21 bits per heavy atom. The molecule has 0 saturated heterocycles. The van der Waals surface area contributed by atoms with Crippen LogP contribution in [-0.4, -0.2) is 36.2 Å². The summed E-state index contributed by atoms with van der Waals surface area (Å²) in [7, 11) is 0. The van der Waals surface area contributed by atoms with Gasteiger partial charge < -0.3 is 9.64 Å². The molecule has 0 aliphatic carbocycles. The maximum absolute atomic E-state index is 5.40. The largest absolute Gasteiger partial charge is 0.487 e. The van der Waals surface area contributed by atoms with Gasteiger partial charge in [0, 0.05) is 12.0 Å². The lowest BCUT2D eigenvalue weighted by molar-refractivity contribution is 0.207. The van der Waals surface area contributed by atoms with Crippen molar-refractivity contribution in [3.05, 3.63) is 0 Å². The molecule has 0 rings (SSSR count). The van der Waals surface area contributed by atoms with E-state index in [9.17, 15) is 0 Å². The van der Waals surface area contributed by atoms with E-state index in [4.69, 9.17) is 17.0 Å². The summed E-state index contributed by atoms with van der Waals surface area (Å²) in [6.45, 7) is 14.4. The van der Waals surface area contributed by atoms with Crippen molar-refractivity contribution in [3.8, 4) is 0 Å². The fourth-order valence-corrected chi connectivity index (χ4v) is 1.58. The highest BCUT2D eigenvalue weighted by molar-refractivity contribution is 7.80. The van der Waals surface area contributed by atoms with Gasteiger partial charge in [0.25, 0.3) is 0 Å². The van der Waals surface area contributed by atoms with E-state index >= 15 is 0 Å². The second-order valence-corrected chi connectivity index (χ2v) is 4.44. The van der Waals surface area contributed by atoms with Gasteiger partial charge in [-0.3, -0.25) is 0 Å². The van der Waals surface area contributed by atoms with Crippen molar-refractivity contribution in [3.63, 3.8) is 0 Å². The lowest BCUT2D eigenvalue weighted by Crippen LogP contribution is -2.39. The van der Waals surface area contributed by atoms with Crippen LogP contribution in [-0.2, 0) is 4.74 Å². The van der Waals surface area contributed by atoms with E-state index in [2.05, 4.69) is 32.6 Å². The summed E-state index contributed by atoms with van der Waals surface area (Å²) in [5.74, 6) is 0. The lowest BCUT2D eigenvalue weighted by atomic mass is 9.94. The van der Waals surface area contributed by atoms with Gasteiger partial charge in [-0.15, -0.1) is 0 Å². The number of rotatable bonds is 6. The molecule has 0 bridgehead atoms. The lowest BCUT2D eigenvalue weighted by Gasteiger charge is -2.31. The number of hydrogen-bond acceptors (Lipinski definition) is 3. The predicted octanol–water partition coefficient (Wildman–Crippen LogP) is 2.72.